The number of aliphatic hydroxyl groups is 1. The van der Waals surface area contributed by atoms with E-state index in [0.717, 1.165) is 4.31 Å². The number of nitrogens with zero attached hydrogens (tertiary/aromatic N) is 2. The molecule has 202 valence electrons. The largest absolute Gasteiger partial charge is 0.481 e. The molecule has 0 aromatic heterocycles. The highest BCUT2D eigenvalue weighted by Crippen LogP contribution is 2.34. The third-order valence-corrected chi connectivity index (χ3v) is 8.38. The summed E-state index contributed by atoms with van der Waals surface area (Å²) in [5, 5.41) is 19.2. The van der Waals surface area contributed by atoms with Gasteiger partial charge in [-0.05, 0) is 54.1 Å². The van der Waals surface area contributed by atoms with Crippen LogP contribution >= 0.6 is 23.2 Å². The lowest BCUT2D eigenvalue weighted by atomic mass is 10.1. The number of hydrogen-bond acceptors (Lipinski definition) is 6. The second-order valence-corrected chi connectivity index (χ2v) is 11.1. The first-order chi connectivity index (χ1) is 18.6. The molecule has 3 aromatic carbocycles. The number of ether oxygens (including phenoxy) is 1. The Labute approximate surface area is 235 Å². The Morgan fingerprint density at radius 2 is 1.74 bits per heavy atom. The lowest BCUT2D eigenvalue weighted by molar-refractivity contribution is -0.141. The first-order valence-electron chi connectivity index (χ1n) is 11.5. The van der Waals surface area contributed by atoms with Gasteiger partial charge in [0.2, 0.25) is 10.0 Å². The summed E-state index contributed by atoms with van der Waals surface area (Å²) in [6, 6.07) is 14.8. The van der Waals surface area contributed by atoms with Crippen LogP contribution in [0.2, 0.25) is 10.0 Å². The van der Waals surface area contributed by atoms with E-state index >= 15 is 0 Å². The van der Waals surface area contributed by atoms with Crippen LogP contribution in [0, 0.1) is 11.8 Å². The number of carboxylic acid groups (broad SMARTS) is 1. The zero-order chi connectivity index (χ0) is 28.2. The molecule has 9 nitrogen and oxygen atoms in total. The molecule has 1 amide bonds. The van der Waals surface area contributed by atoms with Gasteiger partial charge in [-0.25, -0.2) is 8.42 Å². The van der Waals surface area contributed by atoms with Crippen molar-refractivity contribution < 1.29 is 33.0 Å². The number of hydrogen-bond donors (Lipinski definition) is 2. The molecule has 0 saturated heterocycles. The fourth-order valence-electron chi connectivity index (χ4n) is 4.07. The summed E-state index contributed by atoms with van der Waals surface area (Å²) in [5.74, 6) is 3.31. The van der Waals surface area contributed by atoms with Crippen LogP contribution in [0.4, 0.5) is 5.69 Å². The van der Waals surface area contributed by atoms with Crippen LogP contribution in [0.3, 0.4) is 0 Å². The fraction of sp³-hybridized carbons (Fsp3) is 0.185. The highest BCUT2D eigenvalue weighted by atomic mass is 35.5. The van der Waals surface area contributed by atoms with Crippen molar-refractivity contribution in [3.8, 4) is 17.6 Å². The first kappa shape index (κ1) is 28.4. The van der Waals surface area contributed by atoms with E-state index in [0.29, 0.717) is 17.0 Å². The summed E-state index contributed by atoms with van der Waals surface area (Å²) in [5.41, 5.74) is 0.840. The fourth-order valence-corrected chi connectivity index (χ4v) is 5.99. The van der Waals surface area contributed by atoms with Crippen molar-refractivity contribution in [2.24, 2.45) is 0 Å². The Hall–Kier alpha value is -3.59. The van der Waals surface area contributed by atoms with Crippen LogP contribution < -0.4 is 9.64 Å². The molecule has 0 spiro atoms. The minimum absolute atomic E-state index is 0.00282. The first-order valence-corrected chi connectivity index (χ1v) is 13.7. The normalized spacial score (nSPS) is 15.5. The summed E-state index contributed by atoms with van der Waals surface area (Å²) in [6.45, 7) is -1.08. The number of carbonyl (C=O) groups excluding carboxylic acids is 1. The summed E-state index contributed by atoms with van der Waals surface area (Å²) in [4.78, 5) is 27.1. The minimum atomic E-state index is -4.35. The third-order valence-electron chi connectivity index (χ3n) is 5.95. The number of rotatable bonds is 6. The molecule has 39 heavy (non-hydrogen) atoms. The summed E-state index contributed by atoms with van der Waals surface area (Å²) in [7, 11) is -4.35. The van der Waals surface area contributed by atoms with E-state index in [1.54, 1.807) is 24.3 Å². The van der Waals surface area contributed by atoms with E-state index in [1.807, 2.05) is 0 Å². The smallest absolute Gasteiger partial charge is 0.323 e. The maximum Gasteiger partial charge on any atom is 0.323 e. The van der Waals surface area contributed by atoms with Gasteiger partial charge in [0, 0.05) is 17.3 Å². The van der Waals surface area contributed by atoms with Gasteiger partial charge in [-0.3, -0.25) is 9.59 Å². The third kappa shape index (κ3) is 6.19. The second kappa shape index (κ2) is 12.1. The quantitative estimate of drug-likeness (QED) is 0.421. The molecule has 0 saturated carbocycles. The van der Waals surface area contributed by atoms with Crippen LogP contribution in [0.15, 0.2) is 71.6 Å². The Bertz CT molecular complexity index is 1570. The number of anilines is 1. The molecule has 0 radical (unpaired) electrons. The molecule has 12 heteroatoms. The average Bonchev–Trinajstić information content (AvgIpc) is 3.10. The number of benzene rings is 3. The number of para-hydroxylation sites is 1. The van der Waals surface area contributed by atoms with Gasteiger partial charge in [-0.1, -0.05) is 53.2 Å². The molecule has 1 aliphatic heterocycles. The van der Waals surface area contributed by atoms with Gasteiger partial charge in [-0.2, -0.15) is 4.31 Å². The Kier molecular flexibility index (Phi) is 8.80. The van der Waals surface area contributed by atoms with Gasteiger partial charge in [0.15, 0.2) is 0 Å². The SMILES string of the molecule is O=C(O)C1CN(C(=O)c2cc(Cl)ccc2Cl)c2ccccc2CN1S(=O)(=O)c1ccc(OCC#CCO)cc1. The molecule has 1 atom stereocenters. The molecule has 4 rings (SSSR count). The highest BCUT2D eigenvalue weighted by Gasteiger charge is 2.42. The number of aliphatic carboxylic acids is 1. The molecule has 1 unspecified atom stereocenters. The predicted molar refractivity (Wildman–Crippen MR) is 146 cm³/mol. The zero-order valence-corrected chi connectivity index (χ0v) is 22.6. The van der Waals surface area contributed by atoms with Gasteiger partial charge in [0.1, 0.15) is 25.0 Å². The standard InChI is InChI=1S/C27H22Cl2N2O7S/c28-19-7-12-23(29)22(15-19)26(33)30-17-25(27(34)35)31(16-18-5-1-2-6-24(18)30)39(36,37)21-10-8-20(9-11-21)38-14-4-3-13-32/h1-2,5-12,15,25,32H,13-14,16-17H2,(H,34,35). The van der Waals surface area contributed by atoms with Crippen molar-refractivity contribution in [3.63, 3.8) is 0 Å². The van der Waals surface area contributed by atoms with Gasteiger partial charge >= 0.3 is 5.97 Å². The van der Waals surface area contributed by atoms with E-state index in [4.69, 9.17) is 33.0 Å². The highest BCUT2D eigenvalue weighted by molar-refractivity contribution is 7.89. The molecular weight excluding hydrogens is 567 g/mol. The predicted octanol–water partition coefficient (Wildman–Crippen LogP) is 3.67. The topological polar surface area (TPSA) is 124 Å². The minimum Gasteiger partial charge on any atom is -0.481 e. The summed E-state index contributed by atoms with van der Waals surface area (Å²) >= 11 is 12.3. The number of fused-ring (bicyclic) bond motifs is 1. The van der Waals surface area contributed by atoms with Crippen molar-refractivity contribution in [1.29, 1.82) is 0 Å². The molecule has 1 heterocycles. The Morgan fingerprint density at radius 3 is 2.44 bits per heavy atom. The van der Waals surface area contributed by atoms with Crippen molar-refractivity contribution in [1.82, 2.24) is 4.31 Å². The molecule has 0 aliphatic carbocycles. The monoisotopic (exact) mass is 588 g/mol. The maximum absolute atomic E-state index is 13.8. The Balaban J connectivity index is 1.72. The van der Waals surface area contributed by atoms with Crippen molar-refractivity contribution in [3.05, 3.63) is 87.9 Å². The van der Waals surface area contributed by atoms with Crippen LogP contribution in [-0.4, -0.2) is 60.6 Å². The zero-order valence-electron chi connectivity index (χ0n) is 20.3. The lowest BCUT2D eigenvalue weighted by Crippen LogP contribution is -2.50. The van der Waals surface area contributed by atoms with Crippen molar-refractivity contribution in [2.75, 3.05) is 24.7 Å². The average molecular weight is 589 g/mol. The molecule has 2 N–H and O–H groups in total. The Morgan fingerprint density at radius 1 is 1.03 bits per heavy atom. The van der Waals surface area contributed by atoms with Gasteiger partial charge < -0.3 is 19.8 Å². The molecule has 3 aromatic rings. The van der Waals surface area contributed by atoms with Crippen LogP contribution in [0.1, 0.15) is 15.9 Å². The van der Waals surface area contributed by atoms with E-state index in [-0.39, 0.29) is 40.3 Å². The summed E-state index contributed by atoms with van der Waals surface area (Å²) < 4.78 is 33.8. The number of aliphatic hydroxyl groups excluding tert-OH is 1. The molecular formula is C27H22Cl2N2O7S. The lowest BCUT2D eigenvalue weighted by Gasteiger charge is -2.28. The molecule has 0 fully saturated rings. The van der Waals surface area contributed by atoms with E-state index in [9.17, 15) is 23.1 Å². The van der Waals surface area contributed by atoms with Gasteiger partial charge in [-0.15, -0.1) is 0 Å². The number of sulfonamides is 1. The van der Waals surface area contributed by atoms with E-state index in [2.05, 4.69) is 11.8 Å². The summed E-state index contributed by atoms with van der Waals surface area (Å²) in [6.07, 6.45) is 0. The van der Waals surface area contributed by atoms with Crippen LogP contribution in [-0.2, 0) is 21.4 Å². The van der Waals surface area contributed by atoms with Crippen LogP contribution in [0.25, 0.3) is 0 Å². The number of amides is 1. The number of carboxylic acids is 1. The van der Waals surface area contributed by atoms with Crippen LogP contribution in [0.5, 0.6) is 5.75 Å². The maximum atomic E-state index is 13.8. The number of carbonyl (C=O) groups is 2. The second-order valence-electron chi connectivity index (χ2n) is 8.34. The van der Waals surface area contributed by atoms with Gasteiger partial charge in [0.05, 0.1) is 22.0 Å². The molecule has 1 aliphatic rings. The van der Waals surface area contributed by atoms with Crippen molar-refractivity contribution in [2.45, 2.75) is 17.5 Å². The number of halogens is 2. The van der Waals surface area contributed by atoms with E-state index < -0.39 is 34.5 Å². The van der Waals surface area contributed by atoms with Gasteiger partial charge in [0.25, 0.3) is 5.91 Å². The molecule has 0 bridgehead atoms. The van der Waals surface area contributed by atoms with Crippen molar-refractivity contribution >= 4 is 50.8 Å². The van der Waals surface area contributed by atoms with E-state index in [1.165, 1.54) is 47.4 Å².